The van der Waals surface area contributed by atoms with Gasteiger partial charge in [-0.1, -0.05) is 30.3 Å². The van der Waals surface area contributed by atoms with Crippen LogP contribution in [0.4, 0.5) is 11.6 Å². The van der Waals surface area contributed by atoms with Gasteiger partial charge in [-0.3, -0.25) is 4.79 Å². The Morgan fingerprint density at radius 2 is 2.00 bits per heavy atom. The van der Waals surface area contributed by atoms with Gasteiger partial charge in [0.05, 0.1) is 5.69 Å². The average molecular weight is 345 g/mol. The first kappa shape index (κ1) is 14.7. The van der Waals surface area contributed by atoms with Gasteiger partial charge in [-0.25, -0.2) is 4.68 Å². The highest BCUT2D eigenvalue weighted by atomic mass is 16.5. The zero-order chi connectivity index (χ0) is 17.5. The molecule has 0 saturated carbocycles. The fourth-order valence-corrected chi connectivity index (χ4v) is 3.24. The molecule has 0 unspecified atom stereocenters. The Hall–Kier alpha value is -3.61. The van der Waals surface area contributed by atoms with Crippen molar-refractivity contribution in [3.8, 4) is 5.75 Å². The highest BCUT2D eigenvalue weighted by Crippen LogP contribution is 2.35. The fourth-order valence-electron chi connectivity index (χ4n) is 3.24. The molecule has 1 aromatic heterocycles. The summed E-state index contributed by atoms with van der Waals surface area (Å²) < 4.78 is 7.28. The van der Waals surface area contributed by atoms with Gasteiger partial charge in [-0.15, -0.1) is 0 Å². The van der Waals surface area contributed by atoms with Crippen LogP contribution in [-0.4, -0.2) is 27.3 Å². The summed E-state index contributed by atoms with van der Waals surface area (Å²) in [6.45, 7) is 0.0481. The first-order chi connectivity index (χ1) is 12.8. The van der Waals surface area contributed by atoms with Crippen LogP contribution in [0.25, 0.3) is 5.70 Å². The van der Waals surface area contributed by atoms with Crippen molar-refractivity contribution >= 4 is 23.2 Å². The summed E-state index contributed by atoms with van der Waals surface area (Å²) in [4.78, 5) is 15.9. The van der Waals surface area contributed by atoms with Crippen molar-refractivity contribution < 1.29 is 9.53 Å². The van der Waals surface area contributed by atoms with Crippen LogP contribution in [0.1, 0.15) is 17.2 Å². The van der Waals surface area contributed by atoms with Crippen LogP contribution in [0.5, 0.6) is 5.75 Å². The first-order valence-corrected chi connectivity index (χ1v) is 8.28. The number of ether oxygens (including phenoxy) is 1. The highest BCUT2D eigenvalue weighted by molar-refractivity contribution is 5.96. The van der Waals surface area contributed by atoms with Gasteiger partial charge in [0.2, 0.25) is 5.95 Å². The lowest BCUT2D eigenvalue weighted by molar-refractivity contribution is -0.118. The van der Waals surface area contributed by atoms with E-state index in [0.29, 0.717) is 17.4 Å². The molecule has 3 heterocycles. The lowest BCUT2D eigenvalue weighted by Crippen LogP contribution is -2.25. The smallest absolute Gasteiger partial charge is 0.262 e. The second-order valence-corrected chi connectivity index (χ2v) is 6.14. The van der Waals surface area contributed by atoms with E-state index in [1.54, 1.807) is 0 Å². The Morgan fingerprint density at radius 1 is 1.12 bits per heavy atom. The van der Waals surface area contributed by atoms with Crippen molar-refractivity contribution in [3.05, 3.63) is 72.1 Å². The van der Waals surface area contributed by atoms with Crippen molar-refractivity contribution in [2.75, 3.05) is 17.2 Å². The molecule has 2 aromatic carbocycles. The summed E-state index contributed by atoms with van der Waals surface area (Å²) in [5.74, 6) is 1.20. The van der Waals surface area contributed by atoms with Crippen LogP contribution in [0.15, 0.2) is 60.9 Å². The third-order valence-corrected chi connectivity index (χ3v) is 4.47. The molecular formula is C19H15N5O2. The van der Waals surface area contributed by atoms with E-state index in [2.05, 4.69) is 38.9 Å². The molecule has 128 valence electrons. The predicted molar refractivity (Wildman–Crippen MR) is 96.8 cm³/mol. The van der Waals surface area contributed by atoms with Gasteiger partial charge < -0.3 is 15.4 Å². The van der Waals surface area contributed by atoms with E-state index < -0.39 is 0 Å². The maximum Gasteiger partial charge on any atom is 0.262 e. The van der Waals surface area contributed by atoms with Gasteiger partial charge in [0.25, 0.3) is 5.91 Å². The number of nitrogens with one attached hydrogen (secondary N) is 2. The summed E-state index contributed by atoms with van der Waals surface area (Å²) in [6.07, 6.45) is 3.64. The number of benzene rings is 2. The monoisotopic (exact) mass is 345 g/mol. The SMILES string of the molecule is O=C1COc2ccc(C3=C[C@H](c4ccccc4)n4ncnc4N3)cc2N1. The van der Waals surface area contributed by atoms with Crippen molar-refractivity contribution in [2.24, 2.45) is 0 Å². The molecule has 1 amide bonds. The van der Waals surface area contributed by atoms with E-state index >= 15 is 0 Å². The molecule has 2 N–H and O–H groups in total. The number of anilines is 2. The molecule has 7 nitrogen and oxygen atoms in total. The molecule has 0 aliphatic carbocycles. The largest absolute Gasteiger partial charge is 0.482 e. The molecule has 0 spiro atoms. The number of carbonyl (C=O) groups is 1. The van der Waals surface area contributed by atoms with Gasteiger partial charge in [0.15, 0.2) is 6.61 Å². The average Bonchev–Trinajstić information content (AvgIpc) is 3.16. The van der Waals surface area contributed by atoms with Crippen LogP contribution in [0, 0.1) is 0 Å². The number of rotatable bonds is 2. The van der Waals surface area contributed by atoms with E-state index in [1.165, 1.54) is 6.33 Å². The lowest BCUT2D eigenvalue weighted by atomic mass is 10.0. The quantitative estimate of drug-likeness (QED) is 0.746. The van der Waals surface area contributed by atoms with Crippen LogP contribution in [0.2, 0.25) is 0 Å². The lowest BCUT2D eigenvalue weighted by Gasteiger charge is -2.25. The topological polar surface area (TPSA) is 81.1 Å². The zero-order valence-corrected chi connectivity index (χ0v) is 13.7. The first-order valence-electron chi connectivity index (χ1n) is 8.28. The standard InChI is InChI=1S/C19H15N5O2/c25-18-10-26-17-7-6-13(8-15(17)22-18)14-9-16(12-4-2-1-3-5-12)24-19(23-14)20-11-21-24/h1-9,11,16H,10H2,(H,22,25)(H,20,21,23)/t16-/m1/s1. The zero-order valence-electron chi connectivity index (χ0n) is 13.7. The molecule has 2 aliphatic heterocycles. The van der Waals surface area contributed by atoms with Gasteiger partial charge in [-0.2, -0.15) is 10.1 Å². The molecule has 0 radical (unpaired) electrons. The van der Waals surface area contributed by atoms with E-state index in [0.717, 1.165) is 16.8 Å². The number of amides is 1. The number of hydrogen-bond donors (Lipinski definition) is 2. The van der Waals surface area contributed by atoms with Gasteiger partial charge >= 0.3 is 0 Å². The van der Waals surface area contributed by atoms with Crippen molar-refractivity contribution in [3.63, 3.8) is 0 Å². The fraction of sp³-hybridized carbons (Fsp3) is 0.105. The summed E-state index contributed by atoms with van der Waals surface area (Å²) in [5, 5.41) is 10.5. The minimum Gasteiger partial charge on any atom is -0.482 e. The van der Waals surface area contributed by atoms with E-state index in [-0.39, 0.29) is 18.6 Å². The van der Waals surface area contributed by atoms with Crippen molar-refractivity contribution in [1.82, 2.24) is 14.8 Å². The molecule has 5 rings (SSSR count). The van der Waals surface area contributed by atoms with Crippen molar-refractivity contribution in [1.29, 1.82) is 0 Å². The second kappa shape index (κ2) is 5.73. The predicted octanol–water partition coefficient (Wildman–Crippen LogP) is 2.67. The van der Waals surface area contributed by atoms with E-state index in [1.807, 2.05) is 41.1 Å². The number of carbonyl (C=O) groups excluding carboxylic acids is 1. The van der Waals surface area contributed by atoms with Crippen LogP contribution in [-0.2, 0) is 4.79 Å². The number of allylic oxidation sites excluding steroid dienone is 1. The minimum absolute atomic E-state index is 0.0481. The third-order valence-electron chi connectivity index (χ3n) is 4.47. The van der Waals surface area contributed by atoms with E-state index in [4.69, 9.17) is 4.74 Å². The molecule has 7 heteroatoms. The molecule has 26 heavy (non-hydrogen) atoms. The highest BCUT2D eigenvalue weighted by Gasteiger charge is 2.24. The Balaban J connectivity index is 1.58. The maximum absolute atomic E-state index is 11.6. The summed E-state index contributed by atoms with van der Waals surface area (Å²) in [7, 11) is 0. The van der Waals surface area contributed by atoms with Crippen LogP contribution in [0.3, 0.4) is 0 Å². The number of hydrogen-bond acceptors (Lipinski definition) is 5. The van der Waals surface area contributed by atoms with Crippen LogP contribution >= 0.6 is 0 Å². The number of fused-ring (bicyclic) bond motifs is 2. The van der Waals surface area contributed by atoms with Crippen molar-refractivity contribution in [2.45, 2.75) is 6.04 Å². The number of nitrogens with zero attached hydrogens (tertiary/aromatic N) is 3. The van der Waals surface area contributed by atoms with Gasteiger partial charge in [0.1, 0.15) is 18.1 Å². The normalized spacial score (nSPS) is 17.9. The molecule has 0 bridgehead atoms. The number of aromatic nitrogens is 3. The van der Waals surface area contributed by atoms with Gasteiger partial charge in [0, 0.05) is 11.3 Å². The Labute approximate surface area is 149 Å². The Bertz CT molecular complexity index is 1030. The second-order valence-electron chi connectivity index (χ2n) is 6.14. The molecule has 3 aromatic rings. The molecule has 0 fully saturated rings. The maximum atomic E-state index is 11.6. The summed E-state index contributed by atoms with van der Waals surface area (Å²) in [5.41, 5.74) is 3.63. The molecule has 0 saturated heterocycles. The summed E-state index contributed by atoms with van der Waals surface area (Å²) >= 11 is 0. The molecule has 2 aliphatic rings. The minimum atomic E-state index is -0.151. The molecule has 1 atom stereocenters. The Morgan fingerprint density at radius 3 is 2.88 bits per heavy atom. The summed E-state index contributed by atoms with van der Waals surface area (Å²) in [6, 6.07) is 15.8. The third kappa shape index (κ3) is 2.41. The van der Waals surface area contributed by atoms with Gasteiger partial charge in [-0.05, 0) is 29.8 Å². The molecular weight excluding hydrogens is 330 g/mol. The Kier molecular flexibility index (Phi) is 3.24. The van der Waals surface area contributed by atoms with E-state index in [9.17, 15) is 4.79 Å². The van der Waals surface area contributed by atoms with Crippen LogP contribution < -0.4 is 15.4 Å².